The maximum Gasteiger partial charge on any atom is 0.222 e. The monoisotopic (exact) mass is 294 g/mol. The molecular weight excluding hydrogens is 268 g/mol. The predicted octanol–water partition coefficient (Wildman–Crippen LogP) is 0.472. The summed E-state index contributed by atoms with van der Waals surface area (Å²) < 4.78 is 1.74. The maximum atomic E-state index is 11.7. The molecule has 0 unspecified atom stereocenters. The molecule has 0 aromatic carbocycles. The molecule has 1 aliphatic heterocycles. The number of likely N-dealkylation sites (tertiary alicyclic amines) is 1. The minimum atomic E-state index is -0.688. The molecule has 1 amide bonds. The molecule has 1 fully saturated rings. The average molecular weight is 294 g/mol. The summed E-state index contributed by atoms with van der Waals surface area (Å²) in [6.45, 7) is 5.91. The van der Waals surface area contributed by atoms with Crippen molar-refractivity contribution < 1.29 is 9.90 Å². The average Bonchev–Trinajstić information content (AvgIpc) is 3.04. The fourth-order valence-corrected chi connectivity index (χ4v) is 3.16. The van der Waals surface area contributed by atoms with Crippen molar-refractivity contribution in [3.63, 3.8) is 0 Å². The lowest BCUT2D eigenvalue weighted by atomic mass is 9.90. The van der Waals surface area contributed by atoms with E-state index in [9.17, 15) is 9.90 Å². The standard InChI is InChI=1S/C15H26N4O2/c1-4-15(21,5-2)10-19-8-12(13(9-19)14(16)20)11-6-17-18(3)7-11/h6-7,12-13,21H,4-5,8-10H2,1-3H3,(H2,16,20)/t12-,13+/m1/s1. The van der Waals surface area contributed by atoms with E-state index < -0.39 is 5.60 Å². The van der Waals surface area contributed by atoms with E-state index in [-0.39, 0.29) is 17.7 Å². The van der Waals surface area contributed by atoms with E-state index in [1.807, 2.05) is 27.1 Å². The number of nitrogens with two attached hydrogens (primary N) is 1. The molecule has 0 radical (unpaired) electrons. The van der Waals surface area contributed by atoms with Crippen molar-refractivity contribution >= 4 is 5.91 Å². The molecule has 1 aromatic heterocycles. The highest BCUT2D eigenvalue weighted by molar-refractivity contribution is 5.78. The Balaban J connectivity index is 2.14. The van der Waals surface area contributed by atoms with Crippen molar-refractivity contribution in [2.24, 2.45) is 18.7 Å². The molecule has 6 heteroatoms. The molecular formula is C15H26N4O2. The number of β-amino-alcohol motifs (C(OH)–C–C–N with tert-alkyl or cyclic N) is 1. The fourth-order valence-electron chi connectivity index (χ4n) is 3.16. The molecule has 1 aromatic rings. The van der Waals surface area contributed by atoms with E-state index in [1.54, 1.807) is 10.9 Å². The Bertz CT molecular complexity index is 496. The number of nitrogens with zero attached hydrogens (tertiary/aromatic N) is 3. The summed E-state index contributed by atoms with van der Waals surface area (Å²) in [6.07, 6.45) is 5.16. The topological polar surface area (TPSA) is 84.4 Å². The zero-order valence-electron chi connectivity index (χ0n) is 13.1. The van der Waals surface area contributed by atoms with Crippen LogP contribution in [0.5, 0.6) is 0 Å². The third-order valence-corrected chi connectivity index (χ3v) is 4.75. The Kier molecular flexibility index (Phi) is 4.68. The van der Waals surface area contributed by atoms with Crippen LogP contribution in [0.3, 0.4) is 0 Å². The number of rotatable bonds is 6. The molecule has 2 rings (SSSR count). The number of aromatic nitrogens is 2. The number of primary amides is 1. The Labute approximate surface area is 125 Å². The van der Waals surface area contributed by atoms with Gasteiger partial charge in [-0.25, -0.2) is 0 Å². The highest BCUT2D eigenvalue weighted by atomic mass is 16.3. The number of hydrogen-bond acceptors (Lipinski definition) is 4. The molecule has 1 saturated heterocycles. The first kappa shape index (κ1) is 16.0. The fraction of sp³-hybridized carbons (Fsp3) is 0.733. The van der Waals surface area contributed by atoms with Crippen molar-refractivity contribution in [2.45, 2.75) is 38.2 Å². The summed E-state index contributed by atoms with van der Waals surface area (Å²) in [4.78, 5) is 13.9. The summed E-state index contributed by atoms with van der Waals surface area (Å²) >= 11 is 0. The van der Waals surface area contributed by atoms with E-state index in [2.05, 4.69) is 10.00 Å². The second-order valence-corrected chi connectivity index (χ2v) is 6.19. The Morgan fingerprint density at radius 2 is 2.14 bits per heavy atom. The molecule has 0 saturated carbocycles. The van der Waals surface area contributed by atoms with Crippen LogP contribution >= 0.6 is 0 Å². The van der Waals surface area contributed by atoms with Gasteiger partial charge in [-0.1, -0.05) is 13.8 Å². The van der Waals surface area contributed by atoms with Crippen LogP contribution in [0.2, 0.25) is 0 Å². The first-order chi connectivity index (χ1) is 9.88. The SMILES string of the molecule is CCC(O)(CC)CN1C[C@H](C(N)=O)[C@@H](c2cnn(C)c2)C1. The minimum Gasteiger partial charge on any atom is -0.389 e. The molecule has 2 heterocycles. The van der Waals surface area contributed by atoms with Gasteiger partial charge in [0.1, 0.15) is 0 Å². The van der Waals surface area contributed by atoms with E-state index in [1.165, 1.54) is 0 Å². The molecule has 2 atom stereocenters. The highest BCUT2D eigenvalue weighted by Crippen LogP contribution is 2.33. The van der Waals surface area contributed by atoms with Crippen LogP contribution < -0.4 is 5.73 Å². The van der Waals surface area contributed by atoms with Crippen molar-refractivity contribution in [3.8, 4) is 0 Å². The van der Waals surface area contributed by atoms with E-state index in [0.29, 0.717) is 25.9 Å². The zero-order chi connectivity index (χ0) is 15.6. The van der Waals surface area contributed by atoms with Gasteiger partial charge in [-0.2, -0.15) is 5.10 Å². The molecule has 118 valence electrons. The molecule has 21 heavy (non-hydrogen) atoms. The summed E-state index contributed by atoms with van der Waals surface area (Å²) in [7, 11) is 1.86. The largest absolute Gasteiger partial charge is 0.389 e. The van der Waals surface area contributed by atoms with Gasteiger partial charge in [0.15, 0.2) is 0 Å². The molecule has 0 bridgehead atoms. The van der Waals surface area contributed by atoms with Crippen LogP contribution in [-0.4, -0.2) is 50.9 Å². The molecule has 1 aliphatic rings. The van der Waals surface area contributed by atoms with Crippen LogP contribution in [0.25, 0.3) is 0 Å². The van der Waals surface area contributed by atoms with Crippen molar-refractivity contribution in [1.29, 1.82) is 0 Å². The first-order valence-corrected chi connectivity index (χ1v) is 7.61. The Hall–Kier alpha value is -1.40. The van der Waals surface area contributed by atoms with Gasteiger partial charge < -0.3 is 10.8 Å². The van der Waals surface area contributed by atoms with Crippen LogP contribution in [0.15, 0.2) is 12.4 Å². The van der Waals surface area contributed by atoms with Crippen LogP contribution in [0.1, 0.15) is 38.2 Å². The number of aryl methyl sites for hydroxylation is 1. The molecule has 0 aliphatic carbocycles. The van der Waals surface area contributed by atoms with Gasteiger partial charge in [-0.15, -0.1) is 0 Å². The number of carbonyl (C=O) groups excluding carboxylic acids is 1. The lowest BCUT2D eigenvalue weighted by molar-refractivity contribution is -0.121. The smallest absolute Gasteiger partial charge is 0.222 e. The van der Waals surface area contributed by atoms with Crippen molar-refractivity contribution in [3.05, 3.63) is 18.0 Å². The summed E-state index contributed by atoms with van der Waals surface area (Å²) in [5.74, 6) is -0.427. The number of carbonyl (C=O) groups is 1. The van der Waals surface area contributed by atoms with Gasteiger partial charge in [0.2, 0.25) is 5.91 Å². The van der Waals surface area contributed by atoms with Gasteiger partial charge in [-0.3, -0.25) is 14.4 Å². The second kappa shape index (κ2) is 6.15. The van der Waals surface area contributed by atoms with Gasteiger partial charge in [-0.05, 0) is 18.4 Å². The quantitative estimate of drug-likeness (QED) is 0.799. The van der Waals surface area contributed by atoms with E-state index in [0.717, 1.165) is 12.1 Å². The third-order valence-electron chi connectivity index (χ3n) is 4.75. The van der Waals surface area contributed by atoms with Gasteiger partial charge in [0, 0.05) is 38.8 Å². The molecule has 3 N–H and O–H groups in total. The summed E-state index contributed by atoms with van der Waals surface area (Å²) in [5, 5.41) is 14.7. The van der Waals surface area contributed by atoms with Gasteiger partial charge >= 0.3 is 0 Å². The first-order valence-electron chi connectivity index (χ1n) is 7.61. The number of aliphatic hydroxyl groups is 1. The Morgan fingerprint density at radius 1 is 1.48 bits per heavy atom. The lowest BCUT2D eigenvalue weighted by Gasteiger charge is -2.30. The highest BCUT2D eigenvalue weighted by Gasteiger charge is 2.40. The number of amides is 1. The minimum absolute atomic E-state index is 0.0640. The summed E-state index contributed by atoms with van der Waals surface area (Å²) in [6, 6.07) is 0. The van der Waals surface area contributed by atoms with Crippen LogP contribution in [0, 0.1) is 5.92 Å². The number of hydrogen-bond donors (Lipinski definition) is 2. The predicted molar refractivity (Wildman–Crippen MR) is 80.6 cm³/mol. The third kappa shape index (κ3) is 3.44. The van der Waals surface area contributed by atoms with Crippen LogP contribution in [0.4, 0.5) is 0 Å². The van der Waals surface area contributed by atoms with Gasteiger partial charge in [0.05, 0.1) is 17.7 Å². The zero-order valence-corrected chi connectivity index (χ0v) is 13.1. The normalized spacial score (nSPS) is 23.6. The van der Waals surface area contributed by atoms with E-state index >= 15 is 0 Å². The molecule has 0 spiro atoms. The van der Waals surface area contributed by atoms with Gasteiger partial charge in [0.25, 0.3) is 0 Å². The lowest BCUT2D eigenvalue weighted by Crippen LogP contribution is -2.41. The Morgan fingerprint density at radius 3 is 2.62 bits per heavy atom. The van der Waals surface area contributed by atoms with Crippen molar-refractivity contribution in [1.82, 2.24) is 14.7 Å². The summed E-state index contributed by atoms with van der Waals surface area (Å²) in [5.41, 5.74) is 5.92. The van der Waals surface area contributed by atoms with Crippen LogP contribution in [-0.2, 0) is 11.8 Å². The van der Waals surface area contributed by atoms with E-state index in [4.69, 9.17) is 5.73 Å². The maximum absolute atomic E-state index is 11.7. The second-order valence-electron chi connectivity index (χ2n) is 6.19. The van der Waals surface area contributed by atoms with Crippen molar-refractivity contribution in [2.75, 3.05) is 19.6 Å². The molecule has 6 nitrogen and oxygen atoms in total.